The zero-order valence-electron chi connectivity index (χ0n) is 6.64. The van der Waals surface area contributed by atoms with Gasteiger partial charge in [-0.15, -0.1) is 0 Å². The second-order valence-corrected chi connectivity index (χ2v) is 3.41. The second-order valence-electron chi connectivity index (χ2n) is 3.07. The van der Waals surface area contributed by atoms with E-state index >= 15 is 0 Å². The first kappa shape index (κ1) is 7.81. The van der Waals surface area contributed by atoms with E-state index in [-0.39, 0.29) is 5.24 Å². The Morgan fingerprint density at radius 1 is 1.33 bits per heavy atom. The molecule has 0 heterocycles. The smallest absolute Gasteiger partial charge is 0.252 e. The van der Waals surface area contributed by atoms with Gasteiger partial charge in [0.1, 0.15) is 0 Å². The molecule has 0 aromatic heterocycles. The molecule has 1 nitrogen and oxygen atoms in total. The quantitative estimate of drug-likeness (QED) is 0.607. The third-order valence-corrected chi connectivity index (χ3v) is 2.56. The Morgan fingerprint density at radius 2 is 2.17 bits per heavy atom. The number of hydrogen-bond acceptors (Lipinski definition) is 1. The van der Waals surface area contributed by atoms with Crippen LogP contribution in [-0.4, -0.2) is 5.24 Å². The average molecular weight is 181 g/mol. The first-order chi connectivity index (χ1) is 5.79. The number of hydrogen-bond donors (Lipinski definition) is 0. The van der Waals surface area contributed by atoms with Crippen LogP contribution in [0.2, 0.25) is 0 Å². The van der Waals surface area contributed by atoms with Gasteiger partial charge in [0.05, 0.1) is 0 Å². The molecule has 0 amide bonds. The molecule has 62 valence electrons. The van der Waals surface area contributed by atoms with Crippen molar-refractivity contribution in [2.24, 2.45) is 0 Å². The van der Waals surface area contributed by atoms with Crippen molar-refractivity contribution in [2.75, 3.05) is 0 Å². The number of benzene rings is 1. The number of halogens is 1. The van der Waals surface area contributed by atoms with E-state index < -0.39 is 0 Å². The van der Waals surface area contributed by atoms with Gasteiger partial charge in [0.25, 0.3) is 5.24 Å². The molecule has 1 aromatic rings. The van der Waals surface area contributed by atoms with Gasteiger partial charge in [-0.3, -0.25) is 4.79 Å². The monoisotopic (exact) mass is 180 g/mol. The van der Waals surface area contributed by atoms with E-state index in [1.54, 1.807) is 6.07 Å². The fourth-order valence-corrected chi connectivity index (χ4v) is 1.98. The van der Waals surface area contributed by atoms with E-state index in [1.165, 1.54) is 5.56 Å². The van der Waals surface area contributed by atoms with Gasteiger partial charge in [-0.05, 0) is 48.1 Å². The van der Waals surface area contributed by atoms with Crippen LogP contribution in [0.1, 0.15) is 27.9 Å². The largest absolute Gasteiger partial charge is 0.276 e. The van der Waals surface area contributed by atoms with Crippen molar-refractivity contribution >= 4 is 16.8 Å². The SMILES string of the molecule is O=C(Cl)c1cccc2c1CCC2. The summed E-state index contributed by atoms with van der Waals surface area (Å²) in [5, 5.41) is -0.325. The van der Waals surface area contributed by atoms with Crippen LogP contribution in [0.25, 0.3) is 0 Å². The van der Waals surface area contributed by atoms with Gasteiger partial charge in [0.2, 0.25) is 0 Å². The van der Waals surface area contributed by atoms with Crippen molar-refractivity contribution in [1.82, 2.24) is 0 Å². The molecule has 1 aromatic carbocycles. The van der Waals surface area contributed by atoms with Crippen LogP contribution < -0.4 is 0 Å². The lowest BCUT2D eigenvalue weighted by Crippen LogP contribution is -1.95. The molecule has 0 aliphatic heterocycles. The number of aryl methyl sites for hydroxylation is 1. The third kappa shape index (κ3) is 1.14. The minimum absolute atomic E-state index is 0.325. The standard InChI is InChI=1S/C10H9ClO/c11-10(12)9-6-2-4-7-3-1-5-8(7)9/h2,4,6H,1,3,5H2. The van der Waals surface area contributed by atoms with Crippen LogP contribution in [0.3, 0.4) is 0 Å². The minimum atomic E-state index is -0.325. The molecule has 0 unspecified atom stereocenters. The zero-order valence-corrected chi connectivity index (χ0v) is 7.40. The molecular weight excluding hydrogens is 172 g/mol. The van der Waals surface area contributed by atoms with Crippen molar-refractivity contribution in [3.63, 3.8) is 0 Å². The summed E-state index contributed by atoms with van der Waals surface area (Å²) in [5.74, 6) is 0. The molecule has 0 atom stereocenters. The van der Waals surface area contributed by atoms with Gasteiger partial charge in [0, 0.05) is 5.56 Å². The Labute approximate surface area is 76.4 Å². The molecule has 0 radical (unpaired) electrons. The highest BCUT2D eigenvalue weighted by molar-refractivity contribution is 6.67. The zero-order chi connectivity index (χ0) is 8.55. The lowest BCUT2D eigenvalue weighted by atomic mass is 10.0. The predicted molar refractivity (Wildman–Crippen MR) is 48.7 cm³/mol. The van der Waals surface area contributed by atoms with Gasteiger partial charge in [-0.2, -0.15) is 0 Å². The molecular formula is C10H9ClO. The van der Waals surface area contributed by atoms with Gasteiger partial charge in [-0.1, -0.05) is 12.1 Å². The Morgan fingerprint density at radius 3 is 2.92 bits per heavy atom. The van der Waals surface area contributed by atoms with Gasteiger partial charge in [0.15, 0.2) is 0 Å². The first-order valence-electron chi connectivity index (χ1n) is 4.09. The summed E-state index contributed by atoms with van der Waals surface area (Å²) in [5.41, 5.74) is 3.16. The van der Waals surface area contributed by atoms with Gasteiger partial charge < -0.3 is 0 Å². The summed E-state index contributed by atoms with van der Waals surface area (Å²) < 4.78 is 0. The Bertz CT molecular complexity index is 331. The van der Waals surface area contributed by atoms with Crippen LogP contribution >= 0.6 is 11.6 Å². The maximum Gasteiger partial charge on any atom is 0.252 e. The Hall–Kier alpha value is -0.820. The topological polar surface area (TPSA) is 17.1 Å². The lowest BCUT2D eigenvalue weighted by Gasteiger charge is -2.02. The minimum Gasteiger partial charge on any atom is -0.276 e. The van der Waals surface area contributed by atoms with Crippen molar-refractivity contribution < 1.29 is 4.79 Å². The highest BCUT2D eigenvalue weighted by atomic mass is 35.5. The molecule has 2 rings (SSSR count). The molecule has 0 spiro atoms. The van der Waals surface area contributed by atoms with Crippen molar-refractivity contribution in [2.45, 2.75) is 19.3 Å². The van der Waals surface area contributed by atoms with Gasteiger partial charge >= 0.3 is 0 Å². The fourth-order valence-electron chi connectivity index (χ4n) is 1.80. The highest BCUT2D eigenvalue weighted by Gasteiger charge is 2.16. The molecule has 0 saturated carbocycles. The number of rotatable bonds is 1. The summed E-state index contributed by atoms with van der Waals surface area (Å²) in [4.78, 5) is 11.0. The number of fused-ring (bicyclic) bond motifs is 1. The summed E-state index contributed by atoms with van der Waals surface area (Å²) in [6, 6.07) is 5.78. The van der Waals surface area contributed by atoms with E-state index in [0.717, 1.165) is 24.8 Å². The van der Waals surface area contributed by atoms with E-state index in [4.69, 9.17) is 11.6 Å². The maximum absolute atomic E-state index is 11.0. The average Bonchev–Trinajstić information content (AvgIpc) is 2.49. The molecule has 0 N–H and O–H groups in total. The first-order valence-corrected chi connectivity index (χ1v) is 4.47. The molecule has 0 fully saturated rings. The van der Waals surface area contributed by atoms with Crippen molar-refractivity contribution in [3.05, 3.63) is 34.9 Å². The molecule has 0 saturated heterocycles. The van der Waals surface area contributed by atoms with Crippen LogP contribution in [0.4, 0.5) is 0 Å². The van der Waals surface area contributed by atoms with Crippen molar-refractivity contribution in [3.8, 4) is 0 Å². The fraction of sp³-hybridized carbons (Fsp3) is 0.300. The molecule has 1 aliphatic rings. The maximum atomic E-state index is 11.0. The Balaban J connectivity index is 2.56. The van der Waals surface area contributed by atoms with Crippen LogP contribution in [-0.2, 0) is 12.8 Å². The van der Waals surface area contributed by atoms with Crippen LogP contribution in [0, 0.1) is 0 Å². The van der Waals surface area contributed by atoms with Crippen LogP contribution in [0.15, 0.2) is 18.2 Å². The van der Waals surface area contributed by atoms with Crippen LogP contribution in [0.5, 0.6) is 0 Å². The molecule has 0 bridgehead atoms. The molecule has 2 heteroatoms. The normalized spacial score (nSPS) is 14.4. The lowest BCUT2D eigenvalue weighted by molar-refractivity contribution is 0.108. The second kappa shape index (κ2) is 2.91. The Kier molecular flexibility index (Phi) is 1.89. The predicted octanol–water partition coefficient (Wildman–Crippen LogP) is 2.55. The summed E-state index contributed by atoms with van der Waals surface area (Å²) >= 11 is 5.45. The van der Waals surface area contributed by atoms with Crippen molar-refractivity contribution in [1.29, 1.82) is 0 Å². The highest BCUT2D eigenvalue weighted by Crippen LogP contribution is 2.25. The molecule has 1 aliphatic carbocycles. The summed E-state index contributed by atoms with van der Waals surface area (Å²) in [6.45, 7) is 0. The summed E-state index contributed by atoms with van der Waals surface area (Å²) in [7, 11) is 0. The van der Waals surface area contributed by atoms with Gasteiger partial charge in [-0.25, -0.2) is 0 Å². The third-order valence-electron chi connectivity index (χ3n) is 2.36. The molecule has 12 heavy (non-hydrogen) atoms. The van der Waals surface area contributed by atoms with E-state index in [2.05, 4.69) is 6.07 Å². The number of carbonyl (C=O) groups excluding carboxylic acids is 1. The van der Waals surface area contributed by atoms with E-state index in [1.807, 2.05) is 6.07 Å². The number of carbonyl (C=O) groups is 1. The van der Waals surface area contributed by atoms with E-state index in [9.17, 15) is 4.79 Å². The van der Waals surface area contributed by atoms with E-state index in [0.29, 0.717) is 5.56 Å². The summed E-state index contributed by atoms with van der Waals surface area (Å²) in [6.07, 6.45) is 3.24.